The zero-order valence-electron chi connectivity index (χ0n) is 10.7. The summed E-state index contributed by atoms with van der Waals surface area (Å²) in [5, 5.41) is 3.61. The minimum atomic E-state index is 0.344. The van der Waals surface area contributed by atoms with Gasteiger partial charge < -0.3 is 10.1 Å². The number of anilines is 1. The van der Waals surface area contributed by atoms with Gasteiger partial charge in [-0.15, -0.1) is 11.6 Å². The topological polar surface area (TPSA) is 47.0 Å². The fraction of sp³-hybridized carbons (Fsp3) is 0.692. The van der Waals surface area contributed by atoms with Gasteiger partial charge in [-0.2, -0.15) is 4.98 Å². The van der Waals surface area contributed by atoms with Crippen molar-refractivity contribution in [2.75, 3.05) is 18.5 Å². The van der Waals surface area contributed by atoms with Crippen molar-refractivity contribution >= 4 is 17.5 Å². The van der Waals surface area contributed by atoms with Crippen LogP contribution in [0.5, 0.6) is 5.88 Å². The van der Waals surface area contributed by atoms with Crippen LogP contribution in [-0.4, -0.2) is 28.5 Å². The molecule has 1 aliphatic carbocycles. The Hall–Kier alpha value is -1.03. The predicted molar refractivity (Wildman–Crippen MR) is 73.3 cm³/mol. The molecule has 0 saturated heterocycles. The Kier molecular flexibility index (Phi) is 5.05. The van der Waals surface area contributed by atoms with Crippen LogP contribution < -0.4 is 10.1 Å². The Morgan fingerprint density at radius 3 is 3.11 bits per heavy atom. The molecule has 1 aromatic rings. The zero-order valence-corrected chi connectivity index (χ0v) is 11.5. The Bertz CT molecular complexity index is 375. The highest BCUT2D eigenvalue weighted by Crippen LogP contribution is 2.29. The minimum absolute atomic E-state index is 0.344. The average molecular weight is 270 g/mol. The third-order valence-corrected chi connectivity index (χ3v) is 3.51. The number of nitrogens with one attached hydrogen (secondary N) is 1. The van der Waals surface area contributed by atoms with Crippen LogP contribution in [0.1, 0.15) is 32.6 Å². The molecule has 0 amide bonds. The molecular weight excluding hydrogens is 250 g/mol. The van der Waals surface area contributed by atoms with E-state index < -0.39 is 0 Å². The predicted octanol–water partition coefficient (Wildman–Crippen LogP) is 3.08. The van der Waals surface area contributed by atoms with Crippen molar-refractivity contribution in [3.05, 3.63) is 12.3 Å². The molecule has 2 atom stereocenters. The number of halogens is 1. The molecule has 0 aliphatic heterocycles. The SMILES string of the molecule is CCCOc1ccnc(NCC2CCC(Cl)C2)n1. The van der Waals surface area contributed by atoms with Crippen molar-refractivity contribution in [1.82, 2.24) is 9.97 Å². The molecule has 1 aliphatic rings. The zero-order chi connectivity index (χ0) is 12.8. The molecule has 0 spiro atoms. The normalized spacial score (nSPS) is 23.0. The summed E-state index contributed by atoms with van der Waals surface area (Å²) in [6, 6.07) is 1.78. The largest absolute Gasteiger partial charge is 0.478 e. The first-order valence-electron chi connectivity index (χ1n) is 6.61. The molecule has 1 saturated carbocycles. The van der Waals surface area contributed by atoms with E-state index in [0.29, 0.717) is 29.7 Å². The van der Waals surface area contributed by atoms with Gasteiger partial charge in [-0.05, 0) is 31.6 Å². The molecule has 5 heteroatoms. The molecule has 0 radical (unpaired) electrons. The van der Waals surface area contributed by atoms with E-state index in [1.807, 2.05) is 0 Å². The Labute approximate surface area is 113 Å². The second kappa shape index (κ2) is 6.78. The summed E-state index contributed by atoms with van der Waals surface area (Å²) in [6.07, 6.45) is 6.09. The molecule has 1 N–H and O–H groups in total. The average Bonchev–Trinajstić information content (AvgIpc) is 2.80. The van der Waals surface area contributed by atoms with Crippen molar-refractivity contribution in [3.8, 4) is 5.88 Å². The lowest BCUT2D eigenvalue weighted by Gasteiger charge is -2.11. The second-order valence-corrected chi connectivity index (χ2v) is 5.34. The van der Waals surface area contributed by atoms with Crippen molar-refractivity contribution < 1.29 is 4.74 Å². The number of ether oxygens (including phenoxy) is 1. The first-order valence-corrected chi connectivity index (χ1v) is 7.05. The van der Waals surface area contributed by atoms with Gasteiger partial charge in [0.25, 0.3) is 0 Å². The van der Waals surface area contributed by atoms with Gasteiger partial charge in [-0.1, -0.05) is 6.92 Å². The molecule has 1 heterocycles. The number of hydrogen-bond acceptors (Lipinski definition) is 4. The summed E-state index contributed by atoms with van der Waals surface area (Å²) < 4.78 is 5.47. The smallest absolute Gasteiger partial charge is 0.225 e. The van der Waals surface area contributed by atoms with E-state index in [1.54, 1.807) is 12.3 Å². The Morgan fingerprint density at radius 2 is 2.39 bits per heavy atom. The molecule has 1 fully saturated rings. The fourth-order valence-electron chi connectivity index (χ4n) is 2.15. The van der Waals surface area contributed by atoms with Crippen molar-refractivity contribution in [2.24, 2.45) is 5.92 Å². The van der Waals surface area contributed by atoms with Gasteiger partial charge in [0.15, 0.2) is 0 Å². The van der Waals surface area contributed by atoms with Crippen molar-refractivity contribution in [2.45, 2.75) is 38.0 Å². The Morgan fingerprint density at radius 1 is 1.50 bits per heavy atom. The summed E-state index contributed by atoms with van der Waals surface area (Å²) in [6.45, 7) is 3.65. The minimum Gasteiger partial charge on any atom is -0.478 e. The molecule has 2 unspecified atom stereocenters. The third-order valence-electron chi connectivity index (χ3n) is 3.11. The summed E-state index contributed by atoms with van der Waals surface area (Å²) in [5.74, 6) is 1.91. The number of hydrogen-bond donors (Lipinski definition) is 1. The van der Waals surface area contributed by atoms with E-state index in [0.717, 1.165) is 25.8 Å². The summed E-state index contributed by atoms with van der Waals surface area (Å²) in [5.41, 5.74) is 0. The second-order valence-electron chi connectivity index (χ2n) is 4.72. The number of alkyl halides is 1. The summed E-state index contributed by atoms with van der Waals surface area (Å²) in [4.78, 5) is 8.51. The highest BCUT2D eigenvalue weighted by molar-refractivity contribution is 6.20. The fourth-order valence-corrected chi connectivity index (χ4v) is 2.53. The van der Waals surface area contributed by atoms with Gasteiger partial charge in [-0.25, -0.2) is 4.98 Å². The van der Waals surface area contributed by atoms with Gasteiger partial charge in [0.05, 0.1) is 6.61 Å². The molecule has 2 rings (SSSR count). The van der Waals surface area contributed by atoms with E-state index >= 15 is 0 Å². The lowest BCUT2D eigenvalue weighted by molar-refractivity contribution is 0.305. The lowest BCUT2D eigenvalue weighted by atomic mass is 10.1. The standard InChI is InChI=1S/C13H20ClN3O/c1-2-7-18-12-5-6-15-13(17-12)16-9-10-3-4-11(14)8-10/h5-6,10-11H,2-4,7-9H2,1H3,(H,15,16,17). The number of aromatic nitrogens is 2. The van der Waals surface area contributed by atoms with Crippen LogP contribution >= 0.6 is 11.6 Å². The van der Waals surface area contributed by atoms with E-state index in [2.05, 4.69) is 22.2 Å². The molecular formula is C13H20ClN3O. The molecule has 4 nitrogen and oxygen atoms in total. The molecule has 0 bridgehead atoms. The van der Waals surface area contributed by atoms with Crippen LogP contribution in [0.4, 0.5) is 5.95 Å². The quantitative estimate of drug-likeness (QED) is 0.806. The maximum absolute atomic E-state index is 6.09. The molecule has 100 valence electrons. The van der Waals surface area contributed by atoms with E-state index in [4.69, 9.17) is 16.3 Å². The molecule has 18 heavy (non-hydrogen) atoms. The number of nitrogens with zero attached hydrogens (tertiary/aromatic N) is 2. The highest BCUT2D eigenvalue weighted by Gasteiger charge is 2.22. The Balaban J connectivity index is 1.81. The summed E-state index contributed by atoms with van der Waals surface area (Å²) in [7, 11) is 0. The van der Waals surface area contributed by atoms with Crippen LogP contribution in [0.3, 0.4) is 0 Å². The number of rotatable bonds is 6. The van der Waals surface area contributed by atoms with Crippen LogP contribution in [-0.2, 0) is 0 Å². The van der Waals surface area contributed by atoms with Crippen LogP contribution in [0.15, 0.2) is 12.3 Å². The third kappa shape index (κ3) is 4.02. The van der Waals surface area contributed by atoms with Crippen LogP contribution in [0.25, 0.3) is 0 Å². The molecule has 1 aromatic heterocycles. The van der Waals surface area contributed by atoms with E-state index in [-0.39, 0.29) is 0 Å². The van der Waals surface area contributed by atoms with E-state index in [1.165, 1.54) is 6.42 Å². The van der Waals surface area contributed by atoms with E-state index in [9.17, 15) is 0 Å². The van der Waals surface area contributed by atoms with Gasteiger partial charge in [0.2, 0.25) is 11.8 Å². The monoisotopic (exact) mass is 269 g/mol. The maximum Gasteiger partial charge on any atom is 0.225 e. The molecule has 0 aromatic carbocycles. The van der Waals surface area contributed by atoms with Gasteiger partial charge in [0.1, 0.15) is 0 Å². The highest BCUT2D eigenvalue weighted by atomic mass is 35.5. The van der Waals surface area contributed by atoms with Crippen LogP contribution in [0.2, 0.25) is 0 Å². The van der Waals surface area contributed by atoms with Gasteiger partial charge in [0, 0.05) is 24.2 Å². The van der Waals surface area contributed by atoms with Crippen molar-refractivity contribution in [1.29, 1.82) is 0 Å². The van der Waals surface area contributed by atoms with Gasteiger partial charge in [-0.3, -0.25) is 0 Å². The first-order chi connectivity index (χ1) is 8.78. The summed E-state index contributed by atoms with van der Waals surface area (Å²) >= 11 is 6.09. The van der Waals surface area contributed by atoms with Gasteiger partial charge >= 0.3 is 0 Å². The maximum atomic E-state index is 6.09. The van der Waals surface area contributed by atoms with Crippen molar-refractivity contribution in [3.63, 3.8) is 0 Å². The lowest BCUT2D eigenvalue weighted by Crippen LogP contribution is -2.14. The first kappa shape index (κ1) is 13.4. The van der Waals surface area contributed by atoms with Crippen LogP contribution in [0, 0.1) is 5.92 Å².